The van der Waals surface area contributed by atoms with Crippen LogP contribution in [-0.2, 0) is 4.79 Å². The predicted molar refractivity (Wildman–Crippen MR) is 109 cm³/mol. The number of nitrogens with zero attached hydrogens (tertiary/aromatic N) is 1. The van der Waals surface area contributed by atoms with Crippen LogP contribution in [0, 0.1) is 0 Å². The highest BCUT2D eigenvalue weighted by atomic mass is 79.9. The van der Waals surface area contributed by atoms with E-state index in [-0.39, 0.29) is 5.91 Å². The molecular formula is C18H14BrNO3S2. The summed E-state index contributed by atoms with van der Waals surface area (Å²) in [4.78, 5) is 14.9. The average molecular weight is 436 g/mol. The molecule has 25 heavy (non-hydrogen) atoms. The Labute approximate surface area is 163 Å². The first-order valence-corrected chi connectivity index (χ1v) is 9.31. The van der Waals surface area contributed by atoms with E-state index in [4.69, 9.17) is 21.7 Å². The highest BCUT2D eigenvalue weighted by Crippen LogP contribution is 2.39. The minimum absolute atomic E-state index is 0.151. The number of halogens is 1. The van der Waals surface area contributed by atoms with Crippen molar-refractivity contribution in [3.63, 3.8) is 0 Å². The third-order valence-corrected chi connectivity index (χ3v) is 5.43. The van der Waals surface area contributed by atoms with Crippen LogP contribution in [0.25, 0.3) is 6.08 Å². The number of hydrogen-bond acceptors (Lipinski definition) is 5. The Bertz CT molecular complexity index is 865. The SMILES string of the molecule is COc1cccc(C=C2SC(=S)N(c3ccc(Br)cc3)C2=O)c1OC. The molecule has 3 rings (SSSR count). The summed E-state index contributed by atoms with van der Waals surface area (Å²) < 4.78 is 12.2. The Kier molecular flexibility index (Phi) is 5.46. The van der Waals surface area contributed by atoms with Gasteiger partial charge in [0.25, 0.3) is 5.91 Å². The van der Waals surface area contributed by atoms with E-state index >= 15 is 0 Å². The van der Waals surface area contributed by atoms with Crippen molar-refractivity contribution in [2.75, 3.05) is 19.1 Å². The topological polar surface area (TPSA) is 38.8 Å². The van der Waals surface area contributed by atoms with Gasteiger partial charge in [-0.2, -0.15) is 0 Å². The number of methoxy groups -OCH3 is 2. The van der Waals surface area contributed by atoms with Gasteiger partial charge in [-0.3, -0.25) is 9.69 Å². The number of hydrogen-bond donors (Lipinski definition) is 0. The molecule has 0 saturated carbocycles. The summed E-state index contributed by atoms with van der Waals surface area (Å²) in [5.41, 5.74) is 1.50. The molecule has 0 N–H and O–H groups in total. The maximum Gasteiger partial charge on any atom is 0.270 e. The minimum Gasteiger partial charge on any atom is -0.493 e. The van der Waals surface area contributed by atoms with Crippen LogP contribution in [0.1, 0.15) is 5.56 Å². The maximum atomic E-state index is 12.8. The molecule has 1 fully saturated rings. The van der Waals surface area contributed by atoms with Gasteiger partial charge in [0.15, 0.2) is 15.8 Å². The maximum absolute atomic E-state index is 12.8. The fourth-order valence-electron chi connectivity index (χ4n) is 2.45. The molecule has 0 atom stereocenters. The zero-order chi connectivity index (χ0) is 18.0. The van der Waals surface area contributed by atoms with Crippen molar-refractivity contribution in [3.05, 3.63) is 57.4 Å². The summed E-state index contributed by atoms with van der Waals surface area (Å²) >= 11 is 10.1. The van der Waals surface area contributed by atoms with Gasteiger partial charge in [0.2, 0.25) is 0 Å². The molecule has 1 heterocycles. The summed E-state index contributed by atoms with van der Waals surface area (Å²) in [7, 11) is 3.15. The van der Waals surface area contributed by atoms with Gasteiger partial charge in [-0.25, -0.2) is 0 Å². The van der Waals surface area contributed by atoms with Gasteiger partial charge in [-0.05, 0) is 36.4 Å². The van der Waals surface area contributed by atoms with Crippen molar-refractivity contribution < 1.29 is 14.3 Å². The number of anilines is 1. The van der Waals surface area contributed by atoms with Gasteiger partial charge in [0, 0.05) is 10.0 Å². The molecule has 1 aliphatic rings. The number of thiocarbonyl (C=S) groups is 1. The van der Waals surface area contributed by atoms with Crippen LogP contribution < -0.4 is 14.4 Å². The molecule has 2 aromatic carbocycles. The summed E-state index contributed by atoms with van der Waals surface area (Å²) in [5, 5.41) is 0. The number of carbonyl (C=O) groups excluding carboxylic acids is 1. The molecule has 4 nitrogen and oxygen atoms in total. The second kappa shape index (κ2) is 7.59. The molecule has 7 heteroatoms. The normalized spacial score (nSPS) is 15.8. The van der Waals surface area contributed by atoms with Crippen LogP contribution in [0.5, 0.6) is 11.5 Å². The van der Waals surface area contributed by atoms with Gasteiger partial charge in [0.1, 0.15) is 0 Å². The minimum atomic E-state index is -0.151. The molecule has 1 amide bonds. The van der Waals surface area contributed by atoms with E-state index in [1.165, 1.54) is 16.7 Å². The first-order valence-electron chi connectivity index (χ1n) is 7.29. The highest BCUT2D eigenvalue weighted by molar-refractivity contribution is 9.10. The van der Waals surface area contributed by atoms with E-state index < -0.39 is 0 Å². The second-order valence-electron chi connectivity index (χ2n) is 5.08. The molecular weight excluding hydrogens is 422 g/mol. The van der Waals surface area contributed by atoms with E-state index in [1.807, 2.05) is 42.5 Å². The Morgan fingerprint density at radius 3 is 2.48 bits per heavy atom. The van der Waals surface area contributed by atoms with E-state index in [0.717, 1.165) is 15.7 Å². The van der Waals surface area contributed by atoms with Crippen molar-refractivity contribution in [1.29, 1.82) is 0 Å². The third kappa shape index (κ3) is 3.58. The fourth-order valence-corrected chi connectivity index (χ4v) is 4.00. The van der Waals surface area contributed by atoms with Crippen LogP contribution in [0.15, 0.2) is 51.8 Å². The predicted octanol–water partition coefficient (Wildman–Crippen LogP) is 4.87. The number of thioether (sulfide) groups is 1. The van der Waals surface area contributed by atoms with Crippen molar-refractivity contribution >= 4 is 61.9 Å². The lowest BCUT2D eigenvalue weighted by Gasteiger charge is -2.14. The van der Waals surface area contributed by atoms with Crippen LogP contribution in [0.3, 0.4) is 0 Å². The number of para-hydroxylation sites is 1. The second-order valence-corrected chi connectivity index (χ2v) is 7.67. The highest BCUT2D eigenvalue weighted by Gasteiger charge is 2.33. The van der Waals surface area contributed by atoms with Gasteiger partial charge >= 0.3 is 0 Å². The molecule has 0 aliphatic carbocycles. The Balaban J connectivity index is 1.97. The standard InChI is InChI=1S/C18H14BrNO3S2/c1-22-14-5-3-4-11(16(14)23-2)10-15-17(21)20(18(24)25-15)13-8-6-12(19)7-9-13/h3-10H,1-2H3. The van der Waals surface area contributed by atoms with Crippen LogP contribution in [0.4, 0.5) is 5.69 Å². The van der Waals surface area contributed by atoms with E-state index in [2.05, 4.69) is 15.9 Å². The lowest BCUT2D eigenvalue weighted by atomic mass is 10.1. The van der Waals surface area contributed by atoms with E-state index in [9.17, 15) is 4.79 Å². The first kappa shape index (κ1) is 18.0. The Morgan fingerprint density at radius 2 is 1.84 bits per heavy atom. The third-order valence-electron chi connectivity index (χ3n) is 3.60. The first-order chi connectivity index (χ1) is 12.0. The van der Waals surface area contributed by atoms with Crippen molar-refractivity contribution in [2.45, 2.75) is 0 Å². The number of benzene rings is 2. The molecule has 0 unspecified atom stereocenters. The molecule has 1 aliphatic heterocycles. The van der Waals surface area contributed by atoms with Crippen LogP contribution in [-0.4, -0.2) is 24.4 Å². The summed E-state index contributed by atoms with van der Waals surface area (Å²) in [5.74, 6) is 1.04. The quantitative estimate of drug-likeness (QED) is 0.505. The summed E-state index contributed by atoms with van der Waals surface area (Å²) in [6.45, 7) is 0. The van der Waals surface area contributed by atoms with Crippen molar-refractivity contribution in [3.8, 4) is 11.5 Å². The van der Waals surface area contributed by atoms with Gasteiger partial charge in [-0.15, -0.1) is 0 Å². The van der Waals surface area contributed by atoms with E-state index in [0.29, 0.717) is 20.7 Å². The molecule has 0 bridgehead atoms. The zero-order valence-corrected chi connectivity index (χ0v) is 16.7. The smallest absolute Gasteiger partial charge is 0.270 e. The molecule has 2 aromatic rings. The summed E-state index contributed by atoms with van der Waals surface area (Å²) in [6, 6.07) is 13.0. The number of ether oxygens (including phenoxy) is 2. The molecule has 0 radical (unpaired) electrons. The molecule has 0 spiro atoms. The van der Waals surface area contributed by atoms with Crippen molar-refractivity contribution in [2.24, 2.45) is 0 Å². The lowest BCUT2D eigenvalue weighted by molar-refractivity contribution is -0.113. The van der Waals surface area contributed by atoms with E-state index in [1.54, 1.807) is 20.3 Å². The van der Waals surface area contributed by atoms with Gasteiger partial charge in [-0.1, -0.05) is 52.0 Å². The average Bonchev–Trinajstić information content (AvgIpc) is 2.89. The van der Waals surface area contributed by atoms with Gasteiger partial charge in [0.05, 0.1) is 24.8 Å². The van der Waals surface area contributed by atoms with Crippen molar-refractivity contribution in [1.82, 2.24) is 0 Å². The molecule has 128 valence electrons. The fraction of sp³-hybridized carbons (Fsp3) is 0.111. The monoisotopic (exact) mass is 435 g/mol. The number of amides is 1. The molecule has 0 aromatic heterocycles. The zero-order valence-electron chi connectivity index (χ0n) is 13.5. The number of carbonyl (C=O) groups is 1. The largest absolute Gasteiger partial charge is 0.493 e. The Morgan fingerprint density at radius 1 is 1.12 bits per heavy atom. The number of rotatable bonds is 4. The Hall–Kier alpha value is -1.83. The van der Waals surface area contributed by atoms with Crippen LogP contribution in [0.2, 0.25) is 0 Å². The van der Waals surface area contributed by atoms with Gasteiger partial charge < -0.3 is 9.47 Å². The lowest BCUT2D eigenvalue weighted by Crippen LogP contribution is -2.27. The summed E-state index contributed by atoms with van der Waals surface area (Å²) in [6.07, 6.45) is 1.78. The van der Waals surface area contributed by atoms with Crippen LogP contribution >= 0.6 is 39.9 Å². The molecule has 1 saturated heterocycles.